The molecule has 92 valence electrons. The highest BCUT2D eigenvalue weighted by Crippen LogP contribution is 2.02. The highest BCUT2D eigenvalue weighted by molar-refractivity contribution is 5.03. The second-order valence-corrected chi connectivity index (χ2v) is 4.12. The van der Waals surface area contributed by atoms with Crippen molar-refractivity contribution in [3.05, 3.63) is 36.2 Å². The summed E-state index contributed by atoms with van der Waals surface area (Å²) in [4.78, 5) is 4.38. The Bertz CT molecular complexity index is 457. The normalized spacial score (nSPS) is 10.9. The summed E-state index contributed by atoms with van der Waals surface area (Å²) in [5.74, 6) is 0. The number of rotatable bonds is 6. The Morgan fingerprint density at radius 3 is 2.94 bits per heavy atom. The lowest BCUT2D eigenvalue weighted by Crippen LogP contribution is -2.16. The topological polar surface area (TPSA) is 47.7 Å². The molecule has 2 rings (SSSR count). The highest BCUT2D eigenvalue weighted by Gasteiger charge is 2.01. The van der Waals surface area contributed by atoms with Crippen LogP contribution in [-0.2, 0) is 20.0 Å². The summed E-state index contributed by atoms with van der Waals surface area (Å²) in [7, 11) is 1.93. The monoisotopic (exact) mass is 233 g/mol. The first-order chi connectivity index (χ1) is 8.28. The molecule has 0 saturated carbocycles. The first kappa shape index (κ1) is 11.9. The van der Waals surface area contributed by atoms with Crippen LogP contribution in [0.5, 0.6) is 0 Å². The van der Waals surface area contributed by atoms with E-state index < -0.39 is 0 Å². The van der Waals surface area contributed by atoms with E-state index in [0.717, 1.165) is 37.4 Å². The lowest BCUT2D eigenvalue weighted by molar-refractivity contribution is 0.701. The molecule has 0 unspecified atom stereocenters. The number of imidazole rings is 1. The van der Waals surface area contributed by atoms with Crippen LogP contribution in [0.3, 0.4) is 0 Å². The maximum absolute atomic E-state index is 4.38. The number of aryl methyl sites for hydroxylation is 1. The van der Waals surface area contributed by atoms with Gasteiger partial charge in [0.15, 0.2) is 0 Å². The van der Waals surface area contributed by atoms with Gasteiger partial charge < -0.3 is 9.88 Å². The van der Waals surface area contributed by atoms with Crippen LogP contribution in [-0.4, -0.2) is 32.4 Å². The van der Waals surface area contributed by atoms with Crippen molar-refractivity contribution in [3.63, 3.8) is 0 Å². The third kappa shape index (κ3) is 3.42. The fourth-order valence-corrected chi connectivity index (χ4v) is 1.75. The molecular weight excluding hydrogens is 214 g/mol. The number of nitrogens with one attached hydrogen (secondary N) is 1. The Morgan fingerprint density at radius 2 is 2.24 bits per heavy atom. The van der Waals surface area contributed by atoms with Gasteiger partial charge in [0.25, 0.3) is 0 Å². The predicted molar refractivity (Wildman–Crippen MR) is 66.8 cm³/mol. The molecule has 2 aromatic rings. The van der Waals surface area contributed by atoms with Crippen LogP contribution < -0.4 is 5.32 Å². The number of nitrogens with zero attached hydrogens (tertiary/aromatic N) is 4. The molecule has 0 aromatic carbocycles. The van der Waals surface area contributed by atoms with E-state index in [4.69, 9.17) is 0 Å². The molecule has 0 spiro atoms. The van der Waals surface area contributed by atoms with Gasteiger partial charge in [0.1, 0.15) is 0 Å². The minimum absolute atomic E-state index is 0.787. The van der Waals surface area contributed by atoms with Crippen molar-refractivity contribution in [2.75, 3.05) is 13.1 Å². The predicted octanol–water partition coefficient (Wildman–Crippen LogP) is 0.817. The Labute approximate surface area is 101 Å². The van der Waals surface area contributed by atoms with E-state index in [-0.39, 0.29) is 0 Å². The third-order valence-corrected chi connectivity index (χ3v) is 2.61. The lowest BCUT2D eigenvalue weighted by atomic mass is 10.3. The van der Waals surface area contributed by atoms with E-state index in [2.05, 4.69) is 33.1 Å². The molecule has 0 aliphatic carbocycles. The Kier molecular flexibility index (Phi) is 3.93. The molecule has 0 bridgehead atoms. The van der Waals surface area contributed by atoms with Crippen molar-refractivity contribution in [1.29, 1.82) is 0 Å². The maximum atomic E-state index is 4.38. The SMILES string of the molecule is CCNCCc1cn(Cc2ccn(C)n2)cn1. The lowest BCUT2D eigenvalue weighted by Gasteiger charge is -1.98. The highest BCUT2D eigenvalue weighted by atomic mass is 15.3. The van der Waals surface area contributed by atoms with Crippen molar-refractivity contribution in [3.8, 4) is 0 Å². The molecule has 0 atom stereocenters. The van der Waals surface area contributed by atoms with Crippen molar-refractivity contribution in [2.45, 2.75) is 19.9 Å². The maximum Gasteiger partial charge on any atom is 0.0953 e. The molecule has 0 saturated heterocycles. The molecule has 5 nitrogen and oxygen atoms in total. The van der Waals surface area contributed by atoms with Crippen molar-refractivity contribution >= 4 is 0 Å². The fourth-order valence-electron chi connectivity index (χ4n) is 1.75. The second kappa shape index (κ2) is 5.63. The van der Waals surface area contributed by atoms with E-state index >= 15 is 0 Å². The molecule has 0 aliphatic rings. The van der Waals surface area contributed by atoms with Gasteiger partial charge in [-0.1, -0.05) is 6.92 Å². The van der Waals surface area contributed by atoms with E-state index in [9.17, 15) is 0 Å². The van der Waals surface area contributed by atoms with Gasteiger partial charge >= 0.3 is 0 Å². The van der Waals surface area contributed by atoms with E-state index in [1.807, 2.05) is 30.3 Å². The van der Waals surface area contributed by atoms with Gasteiger partial charge in [0.2, 0.25) is 0 Å². The Morgan fingerprint density at radius 1 is 1.35 bits per heavy atom. The fraction of sp³-hybridized carbons (Fsp3) is 0.500. The van der Waals surface area contributed by atoms with Crippen molar-refractivity contribution in [1.82, 2.24) is 24.6 Å². The summed E-state index contributed by atoms with van der Waals surface area (Å²) in [6.07, 6.45) is 6.89. The molecule has 0 radical (unpaired) electrons. The molecule has 0 amide bonds. The summed E-state index contributed by atoms with van der Waals surface area (Å²) < 4.78 is 3.89. The number of likely N-dealkylation sites (N-methyl/N-ethyl adjacent to an activating group) is 1. The van der Waals surface area contributed by atoms with E-state index in [1.54, 1.807) is 0 Å². The van der Waals surface area contributed by atoms with Crippen LogP contribution in [0, 0.1) is 0 Å². The summed E-state index contributed by atoms with van der Waals surface area (Å²) in [6.45, 7) is 4.89. The Hall–Kier alpha value is -1.62. The first-order valence-electron chi connectivity index (χ1n) is 5.98. The van der Waals surface area contributed by atoms with Gasteiger partial charge in [0, 0.05) is 32.4 Å². The molecule has 5 heteroatoms. The van der Waals surface area contributed by atoms with Gasteiger partial charge in [0.05, 0.1) is 24.3 Å². The third-order valence-electron chi connectivity index (χ3n) is 2.61. The van der Waals surface area contributed by atoms with Crippen LogP contribution in [0.1, 0.15) is 18.3 Å². The smallest absolute Gasteiger partial charge is 0.0953 e. The molecule has 0 aliphatic heterocycles. The zero-order valence-corrected chi connectivity index (χ0v) is 10.4. The summed E-state index contributed by atoms with van der Waals surface area (Å²) in [5.41, 5.74) is 2.19. The molecule has 0 fully saturated rings. The molecule has 2 heterocycles. The number of aromatic nitrogens is 4. The van der Waals surface area contributed by atoms with Crippen LogP contribution in [0.25, 0.3) is 0 Å². The summed E-state index contributed by atoms with van der Waals surface area (Å²) >= 11 is 0. The van der Waals surface area contributed by atoms with Crippen LogP contribution in [0.15, 0.2) is 24.8 Å². The van der Waals surface area contributed by atoms with Crippen LogP contribution >= 0.6 is 0 Å². The van der Waals surface area contributed by atoms with Gasteiger partial charge in [-0.05, 0) is 12.6 Å². The summed E-state index contributed by atoms with van der Waals surface area (Å²) in [5, 5.41) is 7.64. The van der Waals surface area contributed by atoms with Gasteiger partial charge in [-0.2, -0.15) is 5.10 Å². The van der Waals surface area contributed by atoms with Gasteiger partial charge in [-0.25, -0.2) is 4.98 Å². The average molecular weight is 233 g/mol. The average Bonchev–Trinajstić information content (AvgIpc) is 2.90. The quantitative estimate of drug-likeness (QED) is 0.751. The number of hydrogen-bond donors (Lipinski definition) is 1. The second-order valence-electron chi connectivity index (χ2n) is 4.12. The Balaban J connectivity index is 1.89. The summed E-state index contributed by atoms with van der Waals surface area (Å²) in [6, 6.07) is 2.03. The standard InChI is InChI=1S/C12H19N5/c1-3-13-6-4-11-8-17(10-14-11)9-12-5-7-16(2)15-12/h5,7-8,10,13H,3-4,6,9H2,1-2H3. The minimum Gasteiger partial charge on any atom is -0.331 e. The minimum atomic E-state index is 0.787. The van der Waals surface area contributed by atoms with Gasteiger partial charge in [-0.15, -0.1) is 0 Å². The first-order valence-corrected chi connectivity index (χ1v) is 5.98. The van der Waals surface area contributed by atoms with Gasteiger partial charge in [-0.3, -0.25) is 4.68 Å². The zero-order valence-electron chi connectivity index (χ0n) is 10.4. The van der Waals surface area contributed by atoms with Crippen LogP contribution in [0.2, 0.25) is 0 Å². The van der Waals surface area contributed by atoms with E-state index in [1.165, 1.54) is 0 Å². The van der Waals surface area contributed by atoms with Crippen molar-refractivity contribution < 1.29 is 0 Å². The molecule has 1 N–H and O–H groups in total. The zero-order chi connectivity index (χ0) is 12.1. The largest absolute Gasteiger partial charge is 0.331 e. The molecule has 2 aromatic heterocycles. The number of hydrogen-bond acceptors (Lipinski definition) is 3. The van der Waals surface area contributed by atoms with Crippen molar-refractivity contribution in [2.24, 2.45) is 7.05 Å². The molecule has 17 heavy (non-hydrogen) atoms. The molecular formula is C12H19N5. The van der Waals surface area contributed by atoms with E-state index in [0.29, 0.717) is 0 Å². The van der Waals surface area contributed by atoms with Crippen LogP contribution in [0.4, 0.5) is 0 Å².